The van der Waals surface area contributed by atoms with E-state index in [1.807, 2.05) is 42.2 Å². The molecule has 0 bridgehead atoms. The Labute approximate surface area is 166 Å². The summed E-state index contributed by atoms with van der Waals surface area (Å²) in [6.45, 7) is 5.68. The summed E-state index contributed by atoms with van der Waals surface area (Å²) in [6, 6.07) is 11.2. The number of carbonyl (C=O) groups is 1. The average molecular weight is 399 g/mol. The van der Waals surface area contributed by atoms with Gasteiger partial charge in [0.05, 0.1) is 12.2 Å². The van der Waals surface area contributed by atoms with Crippen LogP contribution in [-0.2, 0) is 0 Å². The van der Waals surface area contributed by atoms with Crippen molar-refractivity contribution < 1.29 is 9.53 Å². The van der Waals surface area contributed by atoms with Crippen molar-refractivity contribution in [1.29, 1.82) is 0 Å². The number of nitrogens with one attached hydrogen (secondary N) is 2. The molecule has 1 saturated heterocycles. The lowest BCUT2D eigenvalue weighted by Gasteiger charge is -2.28. The predicted octanol–water partition coefficient (Wildman–Crippen LogP) is 3.11. The Balaban J connectivity index is 0.00000169. The Morgan fingerprint density at radius 1 is 1.19 bits per heavy atom. The first-order valence-electron chi connectivity index (χ1n) is 8.23. The van der Waals surface area contributed by atoms with E-state index in [0.717, 1.165) is 37.6 Å². The highest BCUT2D eigenvalue weighted by atomic mass is 35.5. The van der Waals surface area contributed by atoms with Crippen molar-refractivity contribution in [3.63, 3.8) is 0 Å². The number of carbonyl (C=O) groups excluding carboxylic acids is 1. The monoisotopic (exact) mass is 398 g/mol. The van der Waals surface area contributed by atoms with Gasteiger partial charge in [-0.15, -0.1) is 24.8 Å². The van der Waals surface area contributed by atoms with Crippen LogP contribution in [0.15, 0.2) is 42.6 Å². The van der Waals surface area contributed by atoms with Gasteiger partial charge in [-0.2, -0.15) is 0 Å². The fourth-order valence-electron chi connectivity index (χ4n) is 2.65. The molecule has 2 aromatic rings. The highest BCUT2D eigenvalue weighted by Crippen LogP contribution is 2.22. The molecule has 26 heavy (non-hydrogen) atoms. The van der Waals surface area contributed by atoms with Crippen molar-refractivity contribution >= 4 is 42.2 Å². The zero-order chi connectivity index (χ0) is 16.8. The molecule has 2 heterocycles. The number of hydrogen-bond donors (Lipinski definition) is 2. The third-order valence-corrected chi connectivity index (χ3v) is 3.87. The molecule has 1 aromatic heterocycles. The van der Waals surface area contributed by atoms with E-state index >= 15 is 0 Å². The lowest BCUT2D eigenvalue weighted by molar-refractivity contribution is 0.0736. The van der Waals surface area contributed by atoms with Crippen LogP contribution >= 0.6 is 24.8 Å². The molecule has 2 N–H and O–H groups in total. The van der Waals surface area contributed by atoms with Crippen LogP contribution in [0.2, 0.25) is 0 Å². The molecular formula is C18H24Cl2N4O2. The first kappa shape index (κ1) is 22.0. The third-order valence-electron chi connectivity index (χ3n) is 3.87. The van der Waals surface area contributed by atoms with Gasteiger partial charge in [-0.25, -0.2) is 4.98 Å². The second kappa shape index (κ2) is 10.9. The first-order chi connectivity index (χ1) is 11.8. The van der Waals surface area contributed by atoms with Gasteiger partial charge < -0.3 is 20.3 Å². The molecule has 3 rings (SSSR count). The Morgan fingerprint density at radius 3 is 2.54 bits per heavy atom. The molecule has 0 atom stereocenters. The Kier molecular flexibility index (Phi) is 9.19. The lowest BCUT2D eigenvalue weighted by Crippen LogP contribution is -2.46. The van der Waals surface area contributed by atoms with E-state index in [1.54, 1.807) is 12.3 Å². The van der Waals surface area contributed by atoms with Crippen LogP contribution in [0.1, 0.15) is 17.3 Å². The molecule has 0 aliphatic carbocycles. The van der Waals surface area contributed by atoms with Crippen molar-refractivity contribution in [2.24, 2.45) is 0 Å². The van der Waals surface area contributed by atoms with Crippen LogP contribution in [0.25, 0.3) is 0 Å². The maximum Gasteiger partial charge on any atom is 0.257 e. The van der Waals surface area contributed by atoms with Crippen molar-refractivity contribution in [3.05, 3.63) is 48.2 Å². The van der Waals surface area contributed by atoms with Gasteiger partial charge in [0.25, 0.3) is 5.91 Å². The lowest BCUT2D eigenvalue weighted by atomic mass is 10.2. The van der Waals surface area contributed by atoms with E-state index < -0.39 is 0 Å². The van der Waals surface area contributed by atoms with E-state index in [-0.39, 0.29) is 30.7 Å². The second-order valence-corrected chi connectivity index (χ2v) is 5.52. The summed E-state index contributed by atoms with van der Waals surface area (Å²) >= 11 is 0. The van der Waals surface area contributed by atoms with E-state index in [1.165, 1.54) is 0 Å². The van der Waals surface area contributed by atoms with Gasteiger partial charge in [0.2, 0.25) is 0 Å². The number of nitrogens with zero attached hydrogens (tertiary/aromatic N) is 2. The van der Waals surface area contributed by atoms with Crippen molar-refractivity contribution in [2.75, 3.05) is 38.1 Å². The molecule has 1 aliphatic heterocycles. The smallest absolute Gasteiger partial charge is 0.257 e. The largest absolute Gasteiger partial charge is 0.494 e. The van der Waals surface area contributed by atoms with Gasteiger partial charge in [0.1, 0.15) is 11.6 Å². The summed E-state index contributed by atoms with van der Waals surface area (Å²) in [6.07, 6.45) is 1.69. The molecule has 0 unspecified atom stereocenters. The highest BCUT2D eigenvalue weighted by Gasteiger charge is 2.21. The molecule has 1 aliphatic rings. The van der Waals surface area contributed by atoms with Gasteiger partial charge in [-0.05, 0) is 43.3 Å². The van der Waals surface area contributed by atoms with Crippen LogP contribution in [-0.4, -0.2) is 48.6 Å². The van der Waals surface area contributed by atoms with Gasteiger partial charge >= 0.3 is 0 Å². The molecule has 0 spiro atoms. The van der Waals surface area contributed by atoms with Gasteiger partial charge in [0.15, 0.2) is 0 Å². The van der Waals surface area contributed by atoms with Crippen LogP contribution in [0.4, 0.5) is 11.5 Å². The topological polar surface area (TPSA) is 66.5 Å². The fraction of sp³-hybridized carbons (Fsp3) is 0.333. The normalized spacial score (nSPS) is 13.2. The fourth-order valence-corrected chi connectivity index (χ4v) is 2.65. The van der Waals surface area contributed by atoms with Crippen LogP contribution < -0.4 is 15.4 Å². The minimum atomic E-state index is 0. The maximum absolute atomic E-state index is 12.7. The second-order valence-electron chi connectivity index (χ2n) is 5.52. The number of aromatic nitrogens is 1. The van der Waals surface area contributed by atoms with Gasteiger partial charge in [0, 0.05) is 38.1 Å². The van der Waals surface area contributed by atoms with Crippen LogP contribution in [0.3, 0.4) is 0 Å². The van der Waals surface area contributed by atoms with Crippen molar-refractivity contribution in [1.82, 2.24) is 15.2 Å². The first-order valence-corrected chi connectivity index (χ1v) is 8.23. The summed E-state index contributed by atoms with van der Waals surface area (Å²) < 4.78 is 5.44. The van der Waals surface area contributed by atoms with Crippen LogP contribution in [0.5, 0.6) is 5.75 Å². The minimum absolute atomic E-state index is 0. The predicted molar refractivity (Wildman–Crippen MR) is 108 cm³/mol. The van der Waals surface area contributed by atoms with E-state index in [2.05, 4.69) is 15.6 Å². The van der Waals surface area contributed by atoms with Crippen molar-refractivity contribution in [3.8, 4) is 5.75 Å². The van der Waals surface area contributed by atoms with E-state index in [0.29, 0.717) is 18.0 Å². The third kappa shape index (κ3) is 5.49. The molecule has 1 amide bonds. The number of rotatable bonds is 5. The molecule has 0 radical (unpaired) electrons. The molecule has 142 valence electrons. The Morgan fingerprint density at radius 2 is 1.88 bits per heavy atom. The number of anilines is 2. The van der Waals surface area contributed by atoms with Gasteiger partial charge in [-0.1, -0.05) is 0 Å². The van der Waals surface area contributed by atoms with E-state index in [4.69, 9.17) is 4.74 Å². The van der Waals surface area contributed by atoms with E-state index in [9.17, 15) is 4.79 Å². The quantitative estimate of drug-likeness (QED) is 0.809. The maximum atomic E-state index is 12.7. The molecule has 8 heteroatoms. The molecule has 6 nitrogen and oxygen atoms in total. The Bertz CT molecular complexity index is 692. The number of amides is 1. The summed E-state index contributed by atoms with van der Waals surface area (Å²) in [5.74, 6) is 1.41. The standard InChI is InChI=1S/C18H22N4O2.2ClH/c1-2-24-15-7-5-14(6-8-15)21-17-16(4-3-9-20-17)18(23)22-12-10-19-11-13-22;;/h3-9,19H,2,10-13H2,1H3,(H,20,21);2*1H. The number of halogens is 2. The summed E-state index contributed by atoms with van der Waals surface area (Å²) in [4.78, 5) is 18.9. The molecule has 1 aromatic carbocycles. The zero-order valence-corrected chi connectivity index (χ0v) is 16.2. The number of benzene rings is 1. The number of hydrogen-bond acceptors (Lipinski definition) is 5. The number of piperazine rings is 1. The Hall–Kier alpha value is -2.02. The summed E-state index contributed by atoms with van der Waals surface area (Å²) in [5.41, 5.74) is 1.46. The average Bonchev–Trinajstić information content (AvgIpc) is 2.64. The van der Waals surface area contributed by atoms with Crippen LogP contribution in [0, 0.1) is 0 Å². The highest BCUT2D eigenvalue weighted by molar-refractivity contribution is 5.99. The number of pyridine rings is 1. The van der Waals surface area contributed by atoms with Gasteiger partial charge in [-0.3, -0.25) is 4.79 Å². The molecule has 1 fully saturated rings. The SMILES string of the molecule is CCOc1ccc(Nc2ncccc2C(=O)N2CCNCC2)cc1.Cl.Cl. The zero-order valence-electron chi connectivity index (χ0n) is 14.6. The van der Waals surface area contributed by atoms with Crippen molar-refractivity contribution in [2.45, 2.75) is 6.92 Å². The molecule has 0 saturated carbocycles. The summed E-state index contributed by atoms with van der Waals surface area (Å²) in [5, 5.41) is 6.49. The number of ether oxygens (including phenoxy) is 1. The minimum Gasteiger partial charge on any atom is -0.494 e. The molecular weight excluding hydrogens is 375 g/mol. The summed E-state index contributed by atoms with van der Waals surface area (Å²) in [7, 11) is 0.